The van der Waals surface area contributed by atoms with Crippen LogP contribution in [0.4, 0.5) is 0 Å². The van der Waals surface area contributed by atoms with Crippen LogP contribution in [0.3, 0.4) is 0 Å². The monoisotopic (exact) mass is 211 g/mol. The first-order valence-corrected chi connectivity index (χ1v) is 4.77. The number of rotatable bonds is 2. The molecule has 0 aliphatic carbocycles. The summed E-state index contributed by atoms with van der Waals surface area (Å²) in [5.41, 5.74) is 5.88. The molecule has 0 spiro atoms. The van der Waals surface area contributed by atoms with Crippen molar-refractivity contribution in [3.05, 3.63) is 18.0 Å². The van der Waals surface area contributed by atoms with Crippen molar-refractivity contribution in [2.45, 2.75) is 32.4 Å². The average Bonchev–Trinajstić information content (AvgIpc) is 2.47. The van der Waals surface area contributed by atoms with E-state index in [0.29, 0.717) is 5.69 Å². The Morgan fingerprint density at radius 1 is 1.60 bits per heavy atom. The molecule has 1 heterocycles. The molecule has 2 N–H and O–H groups in total. The predicted molar refractivity (Wildman–Crippen MR) is 56.0 cm³/mol. The quantitative estimate of drug-likeness (QED) is 0.733. The SMILES string of the molecule is Cn1nccc1[C@H](N)C(=O)OC(C)(C)C. The van der Waals surface area contributed by atoms with Crippen LogP contribution in [0.25, 0.3) is 0 Å². The van der Waals surface area contributed by atoms with Crippen LogP contribution < -0.4 is 5.73 Å². The number of carbonyl (C=O) groups is 1. The molecule has 0 aliphatic heterocycles. The second-order valence-electron chi connectivity index (χ2n) is 4.39. The average molecular weight is 211 g/mol. The third kappa shape index (κ3) is 3.06. The number of hydrogen-bond donors (Lipinski definition) is 1. The van der Waals surface area contributed by atoms with Gasteiger partial charge in [-0.05, 0) is 26.8 Å². The fraction of sp³-hybridized carbons (Fsp3) is 0.600. The normalized spacial score (nSPS) is 13.7. The lowest BCUT2D eigenvalue weighted by molar-refractivity contribution is -0.156. The van der Waals surface area contributed by atoms with Crippen molar-refractivity contribution in [3.63, 3.8) is 0 Å². The Morgan fingerprint density at radius 3 is 2.60 bits per heavy atom. The Labute approximate surface area is 89.2 Å². The van der Waals surface area contributed by atoms with E-state index < -0.39 is 17.6 Å². The van der Waals surface area contributed by atoms with Gasteiger partial charge in [-0.1, -0.05) is 0 Å². The lowest BCUT2D eigenvalue weighted by atomic mass is 10.1. The summed E-state index contributed by atoms with van der Waals surface area (Å²) in [7, 11) is 1.74. The Bertz CT molecular complexity index is 352. The zero-order valence-corrected chi connectivity index (χ0v) is 9.52. The maximum Gasteiger partial charge on any atom is 0.329 e. The zero-order valence-electron chi connectivity index (χ0n) is 9.52. The zero-order chi connectivity index (χ0) is 11.6. The molecule has 0 unspecified atom stereocenters. The highest BCUT2D eigenvalue weighted by atomic mass is 16.6. The summed E-state index contributed by atoms with van der Waals surface area (Å²) in [4.78, 5) is 11.6. The second kappa shape index (κ2) is 4.02. The summed E-state index contributed by atoms with van der Waals surface area (Å²) in [6.07, 6.45) is 1.60. The van der Waals surface area contributed by atoms with E-state index in [-0.39, 0.29) is 0 Å². The third-order valence-electron chi connectivity index (χ3n) is 1.84. The summed E-state index contributed by atoms with van der Waals surface area (Å²) in [5.74, 6) is -0.439. The molecule has 0 saturated heterocycles. The minimum Gasteiger partial charge on any atom is -0.459 e. The molecule has 1 rings (SSSR count). The molecule has 0 aliphatic rings. The number of esters is 1. The van der Waals surface area contributed by atoms with Crippen molar-refractivity contribution >= 4 is 5.97 Å². The minimum absolute atomic E-state index is 0.439. The smallest absolute Gasteiger partial charge is 0.329 e. The molecular weight excluding hydrogens is 194 g/mol. The van der Waals surface area contributed by atoms with Crippen molar-refractivity contribution in [2.24, 2.45) is 12.8 Å². The highest BCUT2D eigenvalue weighted by molar-refractivity contribution is 5.77. The molecule has 5 nitrogen and oxygen atoms in total. The largest absolute Gasteiger partial charge is 0.459 e. The third-order valence-corrected chi connectivity index (χ3v) is 1.84. The fourth-order valence-electron chi connectivity index (χ4n) is 1.18. The summed E-state index contributed by atoms with van der Waals surface area (Å²) in [6.45, 7) is 5.42. The molecule has 0 fully saturated rings. The van der Waals surface area contributed by atoms with E-state index in [9.17, 15) is 4.79 Å². The molecule has 0 radical (unpaired) electrons. The molecule has 1 aromatic heterocycles. The summed E-state index contributed by atoms with van der Waals surface area (Å²) >= 11 is 0. The van der Waals surface area contributed by atoms with E-state index in [1.807, 2.05) is 0 Å². The van der Waals surface area contributed by atoms with Gasteiger partial charge >= 0.3 is 5.97 Å². The maximum absolute atomic E-state index is 11.6. The van der Waals surface area contributed by atoms with Gasteiger partial charge in [0, 0.05) is 13.2 Å². The molecule has 0 amide bonds. The maximum atomic E-state index is 11.6. The van der Waals surface area contributed by atoms with Crippen LogP contribution in [-0.4, -0.2) is 21.4 Å². The van der Waals surface area contributed by atoms with Gasteiger partial charge in [0.05, 0.1) is 5.69 Å². The minimum atomic E-state index is -0.781. The van der Waals surface area contributed by atoms with Crippen LogP contribution in [0.15, 0.2) is 12.3 Å². The molecule has 1 atom stereocenters. The van der Waals surface area contributed by atoms with Crippen molar-refractivity contribution < 1.29 is 9.53 Å². The fourth-order valence-corrected chi connectivity index (χ4v) is 1.18. The van der Waals surface area contributed by atoms with Gasteiger partial charge in [-0.15, -0.1) is 0 Å². The van der Waals surface area contributed by atoms with E-state index in [0.717, 1.165) is 0 Å². The number of carbonyl (C=O) groups excluding carboxylic acids is 1. The van der Waals surface area contributed by atoms with Gasteiger partial charge in [0.25, 0.3) is 0 Å². The van der Waals surface area contributed by atoms with E-state index in [1.165, 1.54) is 0 Å². The highest BCUT2D eigenvalue weighted by Crippen LogP contribution is 2.15. The molecule has 15 heavy (non-hydrogen) atoms. The Balaban J connectivity index is 2.74. The molecule has 1 aromatic rings. The molecule has 84 valence electrons. The van der Waals surface area contributed by atoms with Gasteiger partial charge in [0.1, 0.15) is 11.6 Å². The number of nitrogens with two attached hydrogens (primary N) is 1. The summed E-state index contributed by atoms with van der Waals surface area (Å²) in [5, 5.41) is 3.95. The van der Waals surface area contributed by atoms with Crippen LogP contribution in [0.5, 0.6) is 0 Å². The van der Waals surface area contributed by atoms with Crippen LogP contribution in [0, 0.1) is 0 Å². The van der Waals surface area contributed by atoms with E-state index in [4.69, 9.17) is 10.5 Å². The van der Waals surface area contributed by atoms with Gasteiger partial charge in [-0.2, -0.15) is 5.10 Å². The second-order valence-corrected chi connectivity index (χ2v) is 4.39. The number of aromatic nitrogens is 2. The van der Waals surface area contributed by atoms with Crippen LogP contribution in [0.1, 0.15) is 32.5 Å². The molecular formula is C10H17N3O2. The first-order valence-electron chi connectivity index (χ1n) is 4.77. The van der Waals surface area contributed by atoms with Crippen LogP contribution >= 0.6 is 0 Å². The van der Waals surface area contributed by atoms with Gasteiger partial charge in [0.2, 0.25) is 0 Å². The lowest BCUT2D eigenvalue weighted by Gasteiger charge is -2.22. The molecule has 0 saturated carbocycles. The van der Waals surface area contributed by atoms with Crippen LogP contribution in [-0.2, 0) is 16.6 Å². The Hall–Kier alpha value is -1.36. The van der Waals surface area contributed by atoms with Gasteiger partial charge in [-0.25, -0.2) is 4.79 Å². The lowest BCUT2D eigenvalue weighted by Crippen LogP contribution is -2.32. The van der Waals surface area contributed by atoms with Crippen molar-refractivity contribution in [2.75, 3.05) is 0 Å². The van der Waals surface area contributed by atoms with Gasteiger partial charge in [-0.3, -0.25) is 4.68 Å². The number of aryl methyl sites for hydroxylation is 1. The van der Waals surface area contributed by atoms with Gasteiger partial charge < -0.3 is 10.5 Å². The Kier molecular flexibility index (Phi) is 3.14. The standard InChI is InChI=1S/C10H17N3O2/c1-10(2,3)15-9(14)8(11)7-5-6-12-13(7)4/h5-6,8H,11H2,1-4H3/t8-/m0/s1. The van der Waals surface area contributed by atoms with Gasteiger partial charge in [0.15, 0.2) is 0 Å². The highest BCUT2D eigenvalue weighted by Gasteiger charge is 2.25. The molecule has 0 aromatic carbocycles. The number of nitrogens with zero attached hydrogens (tertiary/aromatic N) is 2. The first-order chi connectivity index (χ1) is 6.81. The van der Waals surface area contributed by atoms with Crippen molar-refractivity contribution in [1.82, 2.24) is 9.78 Å². The van der Waals surface area contributed by atoms with Crippen LogP contribution in [0.2, 0.25) is 0 Å². The number of ether oxygens (including phenoxy) is 1. The van der Waals surface area contributed by atoms with E-state index >= 15 is 0 Å². The van der Waals surface area contributed by atoms with Crippen molar-refractivity contribution in [3.8, 4) is 0 Å². The van der Waals surface area contributed by atoms with E-state index in [2.05, 4.69) is 5.10 Å². The van der Waals surface area contributed by atoms with E-state index in [1.54, 1.807) is 44.8 Å². The first kappa shape index (κ1) is 11.7. The van der Waals surface area contributed by atoms with Crippen molar-refractivity contribution in [1.29, 1.82) is 0 Å². The summed E-state index contributed by atoms with van der Waals surface area (Å²) < 4.78 is 6.74. The molecule has 0 bridgehead atoms. The molecule has 5 heteroatoms. The summed E-state index contributed by atoms with van der Waals surface area (Å²) in [6, 6.07) is 0.922. The topological polar surface area (TPSA) is 70.1 Å². The Morgan fingerprint density at radius 2 is 2.20 bits per heavy atom. The predicted octanol–water partition coefficient (Wildman–Crippen LogP) is 0.762. The number of hydrogen-bond acceptors (Lipinski definition) is 4.